The standard InChI is InChI=1S/C34H49ClO2/c1-3-5-7-9-11-13-15-19-26-36-33-28-22-17-18-23-29(28)34(32-30(33)24-21-25-31(32)35)37-27-20-16-14-12-10-8-6-4-2/h17-18,21-25H,3-16,19-20,26-27H2,1-2H3. The quantitative estimate of drug-likeness (QED) is 0.108. The SMILES string of the molecule is CCCCCCCCCCOc1c2ccccc2c(OCCCCCCCCCC)c2c(Cl)cccc12. The van der Waals surface area contributed by atoms with Gasteiger partial charge in [-0.15, -0.1) is 0 Å². The van der Waals surface area contributed by atoms with Crippen molar-refractivity contribution in [1.82, 2.24) is 0 Å². The molecule has 3 heteroatoms. The predicted molar refractivity (Wildman–Crippen MR) is 163 cm³/mol. The Labute approximate surface area is 231 Å². The summed E-state index contributed by atoms with van der Waals surface area (Å²) >= 11 is 6.78. The van der Waals surface area contributed by atoms with E-state index in [0.717, 1.165) is 64.1 Å². The normalized spacial score (nSPS) is 11.4. The van der Waals surface area contributed by atoms with Crippen molar-refractivity contribution in [1.29, 1.82) is 0 Å². The van der Waals surface area contributed by atoms with Crippen LogP contribution in [0.15, 0.2) is 42.5 Å². The van der Waals surface area contributed by atoms with Gasteiger partial charge in [0.25, 0.3) is 0 Å². The molecule has 3 aromatic carbocycles. The van der Waals surface area contributed by atoms with Gasteiger partial charge in [0.1, 0.15) is 11.5 Å². The molecule has 0 fully saturated rings. The van der Waals surface area contributed by atoms with Crippen molar-refractivity contribution in [3.63, 3.8) is 0 Å². The molecule has 0 radical (unpaired) electrons. The Bertz CT molecular complexity index is 1040. The maximum atomic E-state index is 6.78. The molecule has 0 aliphatic carbocycles. The van der Waals surface area contributed by atoms with Gasteiger partial charge < -0.3 is 9.47 Å². The maximum absolute atomic E-state index is 6.78. The van der Waals surface area contributed by atoms with Crippen LogP contribution in [0.1, 0.15) is 117 Å². The van der Waals surface area contributed by atoms with Gasteiger partial charge in [0, 0.05) is 21.5 Å². The van der Waals surface area contributed by atoms with Gasteiger partial charge in [0.05, 0.1) is 18.2 Å². The average molecular weight is 525 g/mol. The summed E-state index contributed by atoms with van der Waals surface area (Å²) in [6.07, 6.45) is 20.7. The molecule has 0 heterocycles. The van der Waals surface area contributed by atoms with Crippen LogP contribution in [0, 0.1) is 0 Å². The van der Waals surface area contributed by atoms with Gasteiger partial charge >= 0.3 is 0 Å². The fourth-order valence-electron chi connectivity index (χ4n) is 5.23. The van der Waals surface area contributed by atoms with Crippen LogP contribution >= 0.6 is 11.6 Å². The number of hydrogen-bond acceptors (Lipinski definition) is 2. The van der Waals surface area contributed by atoms with E-state index >= 15 is 0 Å². The Morgan fingerprint density at radius 1 is 0.486 bits per heavy atom. The Morgan fingerprint density at radius 2 is 0.919 bits per heavy atom. The maximum Gasteiger partial charge on any atom is 0.136 e. The van der Waals surface area contributed by atoms with E-state index < -0.39 is 0 Å². The average Bonchev–Trinajstić information content (AvgIpc) is 2.92. The summed E-state index contributed by atoms with van der Waals surface area (Å²) in [5.41, 5.74) is 0. The number of benzene rings is 3. The zero-order chi connectivity index (χ0) is 26.1. The van der Waals surface area contributed by atoms with E-state index in [1.165, 1.54) is 89.9 Å². The summed E-state index contributed by atoms with van der Waals surface area (Å²) in [6, 6.07) is 14.6. The summed E-state index contributed by atoms with van der Waals surface area (Å²) < 4.78 is 12.9. The van der Waals surface area contributed by atoms with Gasteiger partial charge in [-0.2, -0.15) is 0 Å². The minimum Gasteiger partial charge on any atom is -0.492 e. The highest BCUT2D eigenvalue weighted by atomic mass is 35.5. The molecular formula is C34H49ClO2. The molecule has 0 saturated carbocycles. The Balaban J connectivity index is 1.64. The molecule has 0 saturated heterocycles. The van der Waals surface area contributed by atoms with Crippen LogP contribution in [0.2, 0.25) is 5.02 Å². The first-order chi connectivity index (χ1) is 18.3. The molecule has 0 atom stereocenters. The number of hydrogen-bond donors (Lipinski definition) is 0. The monoisotopic (exact) mass is 524 g/mol. The third-order valence-electron chi connectivity index (χ3n) is 7.39. The van der Waals surface area contributed by atoms with Crippen molar-refractivity contribution in [3.05, 3.63) is 47.5 Å². The van der Waals surface area contributed by atoms with Gasteiger partial charge in [0.15, 0.2) is 0 Å². The second kappa shape index (κ2) is 17.6. The molecule has 37 heavy (non-hydrogen) atoms. The van der Waals surface area contributed by atoms with E-state index in [2.05, 4.69) is 44.2 Å². The minimum absolute atomic E-state index is 0.720. The van der Waals surface area contributed by atoms with Gasteiger partial charge in [-0.3, -0.25) is 0 Å². The van der Waals surface area contributed by atoms with Crippen LogP contribution in [0.4, 0.5) is 0 Å². The fraction of sp³-hybridized carbons (Fsp3) is 0.588. The summed E-state index contributed by atoms with van der Waals surface area (Å²) in [7, 11) is 0. The topological polar surface area (TPSA) is 18.5 Å². The lowest BCUT2D eigenvalue weighted by atomic mass is 10.0. The van der Waals surface area contributed by atoms with Gasteiger partial charge in [-0.25, -0.2) is 0 Å². The first-order valence-electron chi connectivity index (χ1n) is 15.2. The highest BCUT2D eigenvalue weighted by Gasteiger charge is 2.18. The Morgan fingerprint density at radius 3 is 1.46 bits per heavy atom. The van der Waals surface area contributed by atoms with E-state index in [1.807, 2.05) is 12.1 Å². The lowest BCUT2D eigenvalue weighted by molar-refractivity contribution is 0.306. The molecule has 3 rings (SSSR count). The molecule has 0 aliphatic rings. The molecule has 0 amide bonds. The molecule has 204 valence electrons. The molecular weight excluding hydrogens is 476 g/mol. The highest BCUT2D eigenvalue weighted by molar-refractivity contribution is 6.37. The molecule has 0 aliphatic heterocycles. The Hall–Kier alpha value is -1.93. The number of fused-ring (bicyclic) bond motifs is 2. The van der Waals surface area contributed by atoms with E-state index in [0.29, 0.717) is 0 Å². The van der Waals surface area contributed by atoms with E-state index in [4.69, 9.17) is 21.1 Å². The molecule has 2 nitrogen and oxygen atoms in total. The predicted octanol–water partition coefficient (Wildman–Crippen LogP) is 11.7. The molecule has 0 unspecified atom stereocenters. The molecule has 0 spiro atoms. The van der Waals surface area contributed by atoms with E-state index in [9.17, 15) is 0 Å². The Kier molecular flexibility index (Phi) is 14.1. The van der Waals surface area contributed by atoms with Crippen molar-refractivity contribution in [2.75, 3.05) is 13.2 Å². The van der Waals surface area contributed by atoms with Crippen LogP contribution in [0.5, 0.6) is 11.5 Å². The number of unbranched alkanes of at least 4 members (excludes halogenated alkanes) is 14. The molecule has 0 aromatic heterocycles. The smallest absolute Gasteiger partial charge is 0.136 e. The third kappa shape index (κ3) is 9.40. The van der Waals surface area contributed by atoms with Crippen molar-refractivity contribution in [2.24, 2.45) is 0 Å². The lowest BCUT2D eigenvalue weighted by Gasteiger charge is -2.18. The molecule has 0 bridgehead atoms. The summed E-state index contributed by atoms with van der Waals surface area (Å²) in [4.78, 5) is 0. The summed E-state index contributed by atoms with van der Waals surface area (Å²) in [5, 5.41) is 4.97. The minimum atomic E-state index is 0.720. The molecule has 0 N–H and O–H groups in total. The second-order valence-corrected chi connectivity index (χ2v) is 10.9. The van der Waals surface area contributed by atoms with Crippen LogP contribution < -0.4 is 9.47 Å². The highest BCUT2D eigenvalue weighted by Crippen LogP contribution is 2.45. The van der Waals surface area contributed by atoms with Crippen LogP contribution in [-0.4, -0.2) is 13.2 Å². The fourth-order valence-corrected chi connectivity index (χ4v) is 5.49. The summed E-state index contributed by atoms with van der Waals surface area (Å²) in [5.74, 6) is 1.84. The van der Waals surface area contributed by atoms with E-state index in [-0.39, 0.29) is 0 Å². The second-order valence-electron chi connectivity index (χ2n) is 10.5. The first-order valence-corrected chi connectivity index (χ1v) is 15.5. The lowest BCUT2D eigenvalue weighted by Crippen LogP contribution is -2.02. The van der Waals surface area contributed by atoms with Crippen LogP contribution in [0.25, 0.3) is 21.5 Å². The number of halogens is 1. The van der Waals surface area contributed by atoms with E-state index in [1.54, 1.807) is 0 Å². The first kappa shape index (κ1) is 29.6. The van der Waals surface area contributed by atoms with Crippen molar-refractivity contribution in [3.8, 4) is 11.5 Å². The van der Waals surface area contributed by atoms with Gasteiger partial charge in [-0.1, -0.05) is 152 Å². The number of rotatable bonds is 20. The number of ether oxygens (including phenoxy) is 2. The van der Waals surface area contributed by atoms with Gasteiger partial charge in [-0.05, 0) is 18.9 Å². The zero-order valence-corrected chi connectivity index (χ0v) is 24.2. The third-order valence-corrected chi connectivity index (χ3v) is 7.71. The zero-order valence-electron chi connectivity index (χ0n) is 23.5. The van der Waals surface area contributed by atoms with Crippen LogP contribution in [-0.2, 0) is 0 Å². The molecule has 3 aromatic rings. The largest absolute Gasteiger partial charge is 0.492 e. The summed E-state index contributed by atoms with van der Waals surface area (Å²) in [6.45, 7) is 6.00. The van der Waals surface area contributed by atoms with Gasteiger partial charge in [0.2, 0.25) is 0 Å². The van der Waals surface area contributed by atoms with Crippen LogP contribution in [0.3, 0.4) is 0 Å². The van der Waals surface area contributed by atoms with Crippen molar-refractivity contribution >= 4 is 33.1 Å². The van der Waals surface area contributed by atoms with Crippen molar-refractivity contribution < 1.29 is 9.47 Å². The van der Waals surface area contributed by atoms with Crippen molar-refractivity contribution in [2.45, 2.75) is 117 Å².